The molecule has 0 aliphatic heterocycles. The van der Waals surface area contributed by atoms with E-state index in [1.807, 2.05) is 0 Å². The monoisotopic (exact) mass is 465 g/mol. The maximum Gasteiger partial charge on any atom is 0.139 e. The van der Waals surface area contributed by atoms with Crippen molar-refractivity contribution in [2.45, 2.75) is 103 Å². The number of oxime groups is 2. The summed E-state index contributed by atoms with van der Waals surface area (Å²) in [5, 5.41) is 18.4. The van der Waals surface area contributed by atoms with Crippen LogP contribution >= 0.6 is 12.4 Å². The van der Waals surface area contributed by atoms with Crippen molar-refractivity contribution in [2.75, 3.05) is 0 Å². The highest BCUT2D eigenvalue weighted by atomic mass is 35.5. The Bertz CT molecular complexity index is 793. The first-order valence-corrected chi connectivity index (χ1v) is 12.6. The van der Waals surface area contributed by atoms with Crippen molar-refractivity contribution in [3.63, 3.8) is 0 Å². The van der Waals surface area contributed by atoms with E-state index in [4.69, 9.17) is 10.6 Å². The van der Waals surface area contributed by atoms with Crippen LogP contribution < -0.4 is 5.73 Å². The number of nitrogens with zero attached hydrogens (tertiary/aromatic N) is 2. The second-order valence-electron chi connectivity index (χ2n) is 11.7. The van der Waals surface area contributed by atoms with Gasteiger partial charge in [0.05, 0.1) is 11.4 Å². The summed E-state index contributed by atoms with van der Waals surface area (Å²) in [6, 6.07) is 0.314. The van der Waals surface area contributed by atoms with Crippen LogP contribution in [-0.4, -0.2) is 34.6 Å². The molecule has 0 heterocycles. The van der Waals surface area contributed by atoms with Crippen LogP contribution in [0.2, 0.25) is 0 Å². The van der Waals surface area contributed by atoms with Gasteiger partial charge in [-0.1, -0.05) is 24.2 Å². The number of fused-ring (bicyclic) bond motifs is 5. The number of hydrogen-bond donors (Lipinski definition) is 2. The molecule has 6 nitrogen and oxygen atoms in total. The predicted octanol–water partition coefficient (Wildman–Crippen LogP) is 5.10. The Kier molecular flexibility index (Phi) is 6.68. The summed E-state index contributed by atoms with van der Waals surface area (Å²) >= 11 is 0. The Morgan fingerprint density at radius 3 is 2.47 bits per heavy atom. The number of Topliss-reactive ketones (excluding diaryl/α,β-unsaturated/α-hetero) is 1. The molecule has 0 aromatic carbocycles. The third-order valence-corrected chi connectivity index (χ3v) is 10.2. The van der Waals surface area contributed by atoms with Gasteiger partial charge in [0, 0.05) is 23.8 Å². The van der Waals surface area contributed by atoms with Crippen LogP contribution in [0.5, 0.6) is 0 Å². The van der Waals surface area contributed by atoms with E-state index in [2.05, 4.69) is 24.2 Å². The third kappa shape index (κ3) is 3.79. The van der Waals surface area contributed by atoms with Crippen LogP contribution in [-0.2, 0) is 9.63 Å². The Balaban J connectivity index is 0.00000245. The van der Waals surface area contributed by atoms with Gasteiger partial charge in [-0.05, 0) is 93.8 Å². The van der Waals surface area contributed by atoms with E-state index in [1.54, 1.807) is 0 Å². The molecule has 0 radical (unpaired) electrons. The minimum atomic E-state index is -0.150. The Hall–Kier alpha value is -1.14. The van der Waals surface area contributed by atoms with Crippen molar-refractivity contribution in [3.05, 3.63) is 0 Å². The maximum absolute atomic E-state index is 12.7. The van der Waals surface area contributed by atoms with Gasteiger partial charge in [-0.2, -0.15) is 0 Å². The first-order valence-electron chi connectivity index (χ1n) is 12.6. The van der Waals surface area contributed by atoms with Crippen LogP contribution in [0.3, 0.4) is 0 Å². The zero-order valence-corrected chi connectivity index (χ0v) is 20.4. The molecule has 0 aromatic rings. The molecule has 1 unspecified atom stereocenters. The topological polar surface area (TPSA) is 97.3 Å². The average molecular weight is 466 g/mol. The van der Waals surface area contributed by atoms with Gasteiger partial charge >= 0.3 is 0 Å². The molecule has 7 heteroatoms. The zero-order chi connectivity index (χ0) is 21.8. The van der Waals surface area contributed by atoms with Crippen LogP contribution in [0, 0.1) is 34.5 Å². The van der Waals surface area contributed by atoms with Crippen LogP contribution in [0.15, 0.2) is 10.3 Å². The van der Waals surface area contributed by atoms with Gasteiger partial charge in [-0.25, -0.2) is 0 Å². The van der Waals surface area contributed by atoms with Crippen molar-refractivity contribution in [3.8, 4) is 0 Å². The summed E-state index contributed by atoms with van der Waals surface area (Å²) in [7, 11) is 0. The van der Waals surface area contributed by atoms with Crippen molar-refractivity contribution in [1.29, 1.82) is 0 Å². The first kappa shape index (κ1) is 24.0. The van der Waals surface area contributed by atoms with Crippen molar-refractivity contribution in [2.24, 2.45) is 50.5 Å². The quantitative estimate of drug-likeness (QED) is 0.437. The third-order valence-electron chi connectivity index (χ3n) is 10.2. The van der Waals surface area contributed by atoms with E-state index in [0.29, 0.717) is 29.6 Å². The lowest BCUT2D eigenvalue weighted by atomic mass is 9.45. The number of rotatable bonds is 2. The van der Waals surface area contributed by atoms with Crippen LogP contribution in [0.4, 0.5) is 0 Å². The second kappa shape index (κ2) is 8.90. The highest BCUT2D eigenvalue weighted by molar-refractivity contribution is 5.96. The smallest absolute Gasteiger partial charge is 0.139 e. The Morgan fingerprint density at radius 2 is 1.75 bits per heavy atom. The standard InChI is InChI=1S/C25H39N3O3.ClH/c1-24-11-9-16(28-31-17-5-3-15(26)4-6-17)13-21(24)22(27-30)14-18-19-7-8-23(29)25(19,2)12-10-20(18)24;/h15,17-21,30H,3-14,26H2,1-2H3;1H/b27-22+,28-16?;/t15?,17?,18-,19-,20-,21?,24+,25-;/m0./s1. The summed E-state index contributed by atoms with van der Waals surface area (Å²) in [5.74, 6) is 2.22. The lowest BCUT2D eigenvalue weighted by molar-refractivity contribution is -0.133. The van der Waals surface area contributed by atoms with Gasteiger partial charge in [0.1, 0.15) is 11.9 Å². The normalized spacial score (nSPS) is 48.5. The number of carbonyl (C=O) groups is 1. The van der Waals surface area contributed by atoms with Gasteiger partial charge in [-0.15, -0.1) is 12.4 Å². The zero-order valence-electron chi connectivity index (χ0n) is 19.6. The summed E-state index contributed by atoms with van der Waals surface area (Å²) in [4.78, 5) is 18.6. The summed E-state index contributed by atoms with van der Waals surface area (Å²) < 4.78 is 0. The van der Waals surface area contributed by atoms with Gasteiger partial charge in [-0.3, -0.25) is 4.79 Å². The molecule has 6 atom stereocenters. The molecule has 5 fully saturated rings. The summed E-state index contributed by atoms with van der Waals surface area (Å²) in [5.41, 5.74) is 8.03. The predicted molar refractivity (Wildman–Crippen MR) is 127 cm³/mol. The molecule has 0 amide bonds. The Morgan fingerprint density at radius 1 is 1.00 bits per heavy atom. The number of nitrogens with two attached hydrogens (primary N) is 1. The van der Waals surface area contributed by atoms with Crippen LogP contribution in [0.25, 0.3) is 0 Å². The summed E-state index contributed by atoms with van der Waals surface area (Å²) in [6.45, 7) is 4.62. The van der Waals surface area contributed by atoms with Crippen molar-refractivity contribution in [1.82, 2.24) is 0 Å². The van der Waals surface area contributed by atoms with Crippen LogP contribution in [0.1, 0.15) is 90.9 Å². The Labute approximate surface area is 198 Å². The molecule has 5 saturated carbocycles. The van der Waals surface area contributed by atoms with E-state index in [-0.39, 0.29) is 35.3 Å². The molecule has 180 valence electrons. The van der Waals surface area contributed by atoms with E-state index < -0.39 is 0 Å². The fourth-order valence-electron chi connectivity index (χ4n) is 8.18. The lowest BCUT2D eigenvalue weighted by Crippen LogP contribution is -2.56. The summed E-state index contributed by atoms with van der Waals surface area (Å²) in [6.07, 6.45) is 11.8. The minimum absolute atomic E-state index is 0. The van der Waals surface area contributed by atoms with E-state index in [9.17, 15) is 10.0 Å². The van der Waals surface area contributed by atoms with Gasteiger partial charge in [0.2, 0.25) is 0 Å². The first-order chi connectivity index (χ1) is 14.8. The molecule has 5 aliphatic carbocycles. The second-order valence-corrected chi connectivity index (χ2v) is 11.7. The van der Waals surface area contributed by atoms with Crippen molar-refractivity contribution >= 4 is 29.6 Å². The van der Waals surface area contributed by atoms with E-state index in [0.717, 1.165) is 88.5 Å². The fraction of sp³-hybridized carbons (Fsp3) is 0.880. The van der Waals surface area contributed by atoms with E-state index in [1.165, 1.54) is 0 Å². The molecular formula is C25H40ClN3O3. The SMILES string of the molecule is C[C@]12CCC(=NOC3CCC(N)CC3)CC1/C(=N/O)C[C@@H]1[C@@H]2CC[C@]2(C)C(=O)CC[C@@H]12.Cl. The maximum atomic E-state index is 12.7. The molecule has 0 aromatic heterocycles. The molecule has 0 bridgehead atoms. The molecule has 32 heavy (non-hydrogen) atoms. The largest absolute Gasteiger partial charge is 0.411 e. The molecule has 5 aliphatic rings. The molecule has 0 saturated heterocycles. The molecule has 3 N–H and O–H groups in total. The number of halogens is 1. The van der Waals surface area contributed by atoms with Gasteiger partial charge in [0.25, 0.3) is 0 Å². The fourth-order valence-corrected chi connectivity index (χ4v) is 8.18. The lowest BCUT2D eigenvalue weighted by Gasteiger charge is -2.59. The number of ketones is 1. The number of hydrogen-bond acceptors (Lipinski definition) is 6. The highest BCUT2D eigenvalue weighted by Gasteiger charge is 2.61. The minimum Gasteiger partial charge on any atom is -0.411 e. The highest BCUT2D eigenvalue weighted by Crippen LogP contribution is 2.64. The average Bonchev–Trinajstić information content (AvgIpc) is 3.07. The number of carbonyl (C=O) groups excluding carboxylic acids is 1. The van der Waals surface area contributed by atoms with Gasteiger partial charge < -0.3 is 15.8 Å². The van der Waals surface area contributed by atoms with Gasteiger partial charge in [0.15, 0.2) is 0 Å². The molecule has 0 spiro atoms. The van der Waals surface area contributed by atoms with Crippen molar-refractivity contribution < 1.29 is 14.8 Å². The molecule has 5 rings (SSSR count). The molecular weight excluding hydrogens is 426 g/mol. The van der Waals surface area contributed by atoms with E-state index >= 15 is 0 Å².